The Hall–Kier alpha value is -4.08. The van der Waals surface area contributed by atoms with Crippen LogP contribution in [0.15, 0.2) is 72.8 Å². The summed E-state index contributed by atoms with van der Waals surface area (Å²) in [6.45, 7) is 10.8. The second kappa shape index (κ2) is 21.4. The molecule has 0 amide bonds. The largest absolute Gasteiger partial charge is 0.508 e. The number of hydrogen-bond donors (Lipinski definition) is 2. The van der Waals surface area contributed by atoms with Crippen LogP contribution in [0.3, 0.4) is 0 Å². The van der Waals surface area contributed by atoms with Crippen molar-refractivity contribution in [2.24, 2.45) is 0 Å². The highest BCUT2D eigenvalue weighted by atomic mass is 16.5. The molecule has 2 N–H and O–H groups in total. The quantitative estimate of drug-likeness (QED) is 0.169. The van der Waals surface area contributed by atoms with Crippen LogP contribution >= 0.6 is 0 Å². The van der Waals surface area contributed by atoms with Crippen LogP contribution in [-0.4, -0.2) is 84.6 Å². The highest BCUT2D eigenvalue weighted by Gasteiger charge is 2.17. The van der Waals surface area contributed by atoms with Gasteiger partial charge in [-0.2, -0.15) is 0 Å². The average molecular weight is 717 g/mol. The zero-order valence-electron chi connectivity index (χ0n) is 29.5. The van der Waals surface area contributed by atoms with E-state index in [0.717, 1.165) is 85.9 Å². The highest BCUT2D eigenvalue weighted by Crippen LogP contribution is 2.29. The van der Waals surface area contributed by atoms with E-state index >= 15 is 0 Å². The van der Waals surface area contributed by atoms with Gasteiger partial charge in [-0.15, -0.1) is 0 Å². The molecule has 4 aromatic carbocycles. The van der Waals surface area contributed by atoms with Gasteiger partial charge in [0.05, 0.1) is 0 Å². The smallest absolute Gasteiger partial charge is 0.142 e. The van der Waals surface area contributed by atoms with Gasteiger partial charge in [-0.3, -0.25) is 9.80 Å². The minimum absolute atomic E-state index is 0. The van der Waals surface area contributed by atoms with E-state index in [-0.39, 0.29) is 29.7 Å². The topological polar surface area (TPSA) is 71.9 Å². The van der Waals surface area contributed by atoms with Gasteiger partial charge in [-0.25, -0.2) is 0 Å². The lowest BCUT2D eigenvalue weighted by atomic mass is 9.99. The van der Waals surface area contributed by atoms with Crippen molar-refractivity contribution in [1.29, 1.82) is 0 Å². The number of ether oxygens (including phenoxy) is 2. The van der Waals surface area contributed by atoms with E-state index in [1.54, 1.807) is 12.1 Å². The maximum absolute atomic E-state index is 10.1. The van der Waals surface area contributed by atoms with Crippen molar-refractivity contribution in [3.8, 4) is 23.0 Å². The van der Waals surface area contributed by atoms with Crippen LogP contribution in [0.25, 0.3) is 0 Å². The minimum Gasteiger partial charge on any atom is -0.508 e. The molecule has 0 aromatic heterocycles. The highest BCUT2D eigenvalue weighted by molar-refractivity contribution is 5.44. The molecule has 52 heavy (non-hydrogen) atoms. The summed E-state index contributed by atoms with van der Waals surface area (Å²) in [5.41, 5.74) is 9.43. The summed E-state index contributed by atoms with van der Waals surface area (Å²) in [6, 6.07) is 24.7. The summed E-state index contributed by atoms with van der Waals surface area (Å²) in [4.78, 5) is 8.69. The first kappa shape index (κ1) is 45.9. The monoisotopic (exact) mass is 717 g/mol. The molecule has 0 radical (unpaired) electrons. The van der Waals surface area contributed by atoms with Crippen molar-refractivity contribution in [3.63, 3.8) is 0 Å². The predicted molar refractivity (Wildman–Crippen MR) is 220 cm³/mol. The fourth-order valence-corrected chi connectivity index (χ4v) is 6.07. The van der Waals surface area contributed by atoms with Crippen LogP contribution in [0, 0.1) is 0 Å². The summed E-state index contributed by atoms with van der Waals surface area (Å²) in [6.07, 6.45) is 1.72. The van der Waals surface area contributed by atoms with Crippen molar-refractivity contribution in [3.05, 3.63) is 117 Å². The predicted octanol–water partition coefficient (Wildman–Crippen LogP) is 8.98. The van der Waals surface area contributed by atoms with E-state index < -0.39 is 0 Å². The summed E-state index contributed by atoms with van der Waals surface area (Å²) >= 11 is 0. The minimum atomic E-state index is 0. The molecule has 0 unspecified atom stereocenters. The van der Waals surface area contributed by atoms with E-state index in [9.17, 15) is 10.2 Å². The normalized spacial score (nSPS) is 13.4. The fraction of sp³-hybridized carbons (Fsp3) is 0.455. The Morgan fingerprint density at radius 3 is 1.27 bits per heavy atom. The Morgan fingerprint density at radius 1 is 0.558 bits per heavy atom. The van der Waals surface area contributed by atoms with E-state index in [1.807, 2.05) is 26.2 Å². The number of rotatable bonds is 10. The number of fused-ring (bicyclic) bond motifs is 2. The van der Waals surface area contributed by atoms with E-state index in [0.29, 0.717) is 25.0 Å². The van der Waals surface area contributed by atoms with Gasteiger partial charge in [0.1, 0.15) is 36.5 Å². The standard InChI is InChI=1S/C21H30N2O2.C19H22N2O2.4CH4/c1-5-22(3)14-18-12-16(7-9-20(18)24)11-17-8-10-21(25)19(13-17)15-23(4)6-2;1-20-10-16-8-14(3-5-18(16)22-12-20)7-15-4-6-19-17(9-15)11-21(2)13-23-19;;;;/h7-10,12-13,24-25H,5-6,11,14-15H2,1-4H3;3-6,8-9H,7,10-13H2,1-2H3;4*1H4. The molecule has 0 fully saturated rings. The molecule has 0 saturated heterocycles. The Bertz CT molecular complexity index is 1560. The third-order valence-electron chi connectivity index (χ3n) is 9.08. The lowest BCUT2D eigenvalue weighted by Gasteiger charge is -2.26. The Balaban J connectivity index is 0.000000483. The number of nitrogens with zero attached hydrogens (tertiary/aromatic N) is 4. The number of phenolic OH excluding ortho intramolecular Hbond substituents is 2. The van der Waals surface area contributed by atoms with Crippen LogP contribution in [0.4, 0.5) is 0 Å². The first-order chi connectivity index (χ1) is 23.1. The molecule has 0 atom stereocenters. The molecule has 8 heteroatoms. The van der Waals surface area contributed by atoms with E-state index in [2.05, 4.69) is 96.1 Å². The first-order valence-corrected chi connectivity index (χ1v) is 16.9. The molecule has 0 saturated carbocycles. The Morgan fingerprint density at radius 2 is 0.904 bits per heavy atom. The number of aromatic hydroxyl groups is 2. The summed E-state index contributed by atoms with van der Waals surface area (Å²) in [5.74, 6) is 2.74. The number of phenols is 2. The number of benzene rings is 4. The summed E-state index contributed by atoms with van der Waals surface area (Å²) in [5, 5.41) is 20.2. The summed E-state index contributed by atoms with van der Waals surface area (Å²) < 4.78 is 11.5. The van der Waals surface area contributed by atoms with Gasteiger partial charge in [0.2, 0.25) is 0 Å². The molecule has 0 aliphatic carbocycles. The molecule has 4 aromatic rings. The fourth-order valence-electron chi connectivity index (χ4n) is 6.07. The first-order valence-electron chi connectivity index (χ1n) is 16.9. The number of hydrogen-bond acceptors (Lipinski definition) is 8. The van der Waals surface area contributed by atoms with Gasteiger partial charge in [0.25, 0.3) is 0 Å². The molecular weight excluding hydrogens is 649 g/mol. The molecule has 2 aliphatic rings. The van der Waals surface area contributed by atoms with Crippen LogP contribution in [0.1, 0.15) is 88.1 Å². The molecule has 8 nitrogen and oxygen atoms in total. The molecule has 6 rings (SSSR count). The third kappa shape index (κ3) is 12.6. The second-order valence-electron chi connectivity index (χ2n) is 13.4. The van der Waals surface area contributed by atoms with Crippen LogP contribution in [0.2, 0.25) is 0 Å². The van der Waals surface area contributed by atoms with Crippen molar-refractivity contribution < 1.29 is 19.7 Å². The average Bonchev–Trinajstić information content (AvgIpc) is 3.07. The van der Waals surface area contributed by atoms with Crippen LogP contribution in [0.5, 0.6) is 23.0 Å². The van der Waals surface area contributed by atoms with E-state index in [1.165, 1.54) is 22.3 Å². The maximum Gasteiger partial charge on any atom is 0.142 e. The van der Waals surface area contributed by atoms with Gasteiger partial charge in [0, 0.05) is 48.4 Å². The van der Waals surface area contributed by atoms with Crippen LogP contribution < -0.4 is 9.47 Å². The van der Waals surface area contributed by atoms with E-state index in [4.69, 9.17) is 9.47 Å². The molecular formula is C44H68N4O4. The molecule has 288 valence electrons. The molecule has 0 spiro atoms. The van der Waals surface area contributed by atoms with Gasteiger partial charge < -0.3 is 29.5 Å². The SMILES string of the molecule is C.C.C.C.CCN(C)Cc1cc(Cc2ccc(O)c(CN(C)CC)c2)ccc1O.CN1COc2ccc(Cc3ccc4c(c3)CN(C)CO4)cc2C1. The second-order valence-corrected chi connectivity index (χ2v) is 13.4. The Labute approximate surface area is 316 Å². The van der Waals surface area contributed by atoms with Crippen molar-refractivity contribution >= 4 is 0 Å². The van der Waals surface area contributed by atoms with Gasteiger partial charge in [0.15, 0.2) is 0 Å². The maximum atomic E-state index is 10.1. The Kier molecular flexibility index (Phi) is 18.9. The van der Waals surface area contributed by atoms with Gasteiger partial charge in [-0.05, 0) is 101 Å². The molecule has 0 bridgehead atoms. The van der Waals surface area contributed by atoms with Crippen molar-refractivity contribution in [2.45, 2.75) is 82.6 Å². The van der Waals surface area contributed by atoms with Crippen molar-refractivity contribution in [2.75, 3.05) is 54.7 Å². The zero-order valence-corrected chi connectivity index (χ0v) is 29.5. The lowest BCUT2D eigenvalue weighted by Crippen LogP contribution is -2.28. The lowest BCUT2D eigenvalue weighted by molar-refractivity contribution is 0.121. The van der Waals surface area contributed by atoms with Gasteiger partial charge in [-0.1, -0.05) is 92.1 Å². The third-order valence-corrected chi connectivity index (χ3v) is 9.08. The molecule has 2 heterocycles. The molecule has 2 aliphatic heterocycles. The zero-order chi connectivity index (χ0) is 34.2. The van der Waals surface area contributed by atoms with Crippen molar-refractivity contribution in [1.82, 2.24) is 19.6 Å². The summed E-state index contributed by atoms with van der Waals surface area (Å²) in [7, 11) is 8.25. The van der Waals surface area contributed by atoms with Gasteiger partial charge >= 0.3 is 0 Å². The van der Waals surface area contributed by atoms with Crippen LogP contribution in [-0.2, 0) is 39.0 Å².